The molecule has 3 aromatic heterocycles. The fourth-order valence-electron chi connectivity index (χ4n) is 5.61. The third kappa shape index (κ3) is 3.69. The number of aromatic hydroxyl groups is 1. The molecule has 0 atom stereocenters. The lowest BCUT2D eigenvalue weighted by Crippen LogP contribution is -2.30. The number of phenols is 1. The van der Waals surface area contributed by atoms with Gasteiger partial charge in [0.15, 0.2) is 5.65 Å². The van der Waals surface area contributed by atoms with Gasteiger partial charge in [-0.15, -0.1) is 0 Å². The van der Waals surface area contributed by atoms with E-state index in [1.807, 2.05) is 35.8 Å². The topological polar surface area (TPSA) is 112 Å². The van der Waals surface area contributed by atoms with Gasteiger partial charge in [-0.25, -0.2) is 14.6 Å². The third-order valence-electron chi connectivity index (χ3n) is 7.30. The Balaban J connectivity index is 1.57. The molecule has 0 unspecified atom stereocenters. The second kappa shape index (κ2) is 8.78. The van der Waals surface area contributed by atoms with Crippen molar-refractivity contribution in [2.24, 2.45) is 0 Å². The molecule has 0 saturated heterocycles. The number of rotatable bonds is 4. The first-order chi connectivity index (χ1) is 17.5. The van der Waals surface area contributed by atoms with Crippen molar-refractivity contribution in [1.29, 1.82) is 0 Å². The van der Waals surface area contributed by atoms with E-state index in [1.165, 1.54) is 12.7 Å². The number of hydrogen-bond acceptors (Lipinski definition) is 6. The number of hydrogen-bond donors (Lipinski definition) is 2. The Morgan fingerprint density at radius 2 is 1.83 bits per heavy atom. The highest BCUT2D eigenvalue weighted by atomic mass is 16.3. The Bertz CT molecular complexity index is 1660. The fourth-order valence-corrected chi connectivity index (χ4v) is 5.61. The van der Waals surface area contributed by atoms with Crippen LogP contribution in [0.2, 0.25) is 0 Å². The molecule has 0 aliphatic heterocycles. The number of phenolic OH excluding ortho intramolecular Hbond substituents is 1. The van der Waals surface area contributed by atoms with E-state index in [1.54, 1.807) is 22.9 Å². The summed E-state index contributed by atoms with van der Waals surface area (Å²) in [5, 5.41) is 17.3. The molecule has 1 aliphatic carbocycles. The number of fused-ring (bicyclic) bond motifs is 2. The van der Waals surface area contributed by atoms with Gasteiger partial charge < -0.3 is 15.4 Å². The molecule has 0 bridgehead atoms. The minimum Gasteiger partial charge on any atom is -0.508 e. The number of aromatic nitrogens is 5. The number of aryl methyl sites for hydroxylation is 1. The van der Waals surface area contributed by atoms with Crippen LogP contribution in [0.5, 0.6) is 5.75 Å². The molecule has 8 heteroatoms. The Morgan fingerprint density at radius 3 is 2.64 bits per heavy atom. The Morgan fingerprint density at radius 1 is 1.03 bits per heavy atom. The lowest BCUT2D eigenvalue weighted by atomic mass is 9.94. The fraction of sp³-hybridized carbons (Fsp3) is 0.286. The van der Waals surface area contributed by atoms with E-state index in [9.17, 15) is 9.90 Å². The third-order valence-corrected chi connectivity index (χ3v) is 7.30. The number of pyridine rings is 1. The van der Waals surface area contributed by atoms with Gasteiger partial charge in [-0.3, -0.25) is 4.79 Å². The lowest BCUT2D eigenvalue weighted by Gasteiger charge is -2.27. The smallest absolute Gasteiger partial charge is 0.259 e. The molecule has 8 nitrogen and oxygen atoms in total. The maximum Gasteiger partial charge on any atom is 0.259 e. The van der Waals surface area contributed by atoms with Gasteiger partial charge in [0.1, 0.15) is 23.6 Å². The van der Waals surface area contributed by atoms with Crippen LogP contribution in [0, 0.1) is 6.92 Å². The van der Waals surface area contributed by atoms with Crippen molar-refractivity contribution in [3.63, 3.8) is 0 Å². The van der Waals surface area contributed by atoms with Crippen LogP contribution < -0.4 is 11.3 Å². The van der Waals surface area contributed by atoms with Crippen molar-refractivity contribution in [3.05, 3.63) is 76.5 Å². The van der Waals surface area contributed by atoms with E-state index in [4.69, 9.17) is 10.8 Å². The van der Waals surface area contributed by atoms with E-state index >= 15 is 0 Å². The van der Waals surface area contributed by atoms with Crippen LogP contribution in [0.4, 0.5) is 5.82 Å². The summed E-state index contributed by atoms with van der Waals surface area (Å²) in [6.45, 7) is 2.36. The van der Waals surface area contributed by atoms with Crippen LogP contribution in [0.3, 0.4) is 0 Å². The molecule has 0 amide bonds. The van der Waals surface area contributed by atoms with Crippen LogP contribution >= 0.6 is 0 Å². The minimum absolute atomic E-state index is 0.0614. The number of nitrogen functional groups attached to an aromatic ring is 1. The van der Waals surface area contributed by atoms with Crippen molar-refractivity contribution >= 4 is 27.6 Å². The molecule has 1 saturated carbocycles. The molecule has 36 heavy (non-hydrogen) atoms. The average molecular weight is 481 g/mol. The molecular formula is C28H28N6O2. The summed E-state index contributed by atoms with van der Waals surface area (Å²) in [5.41, 5.74) is 10.1. The monoisotopic (exact) mass is 480 g/mol. The predicted molar refractivity (Wildman–Crippen MR) is 141 cm³/mol. The van der Waals surface area contributed by atoms with Crippen molar-refractivity contribution in [2.75, 3.05) is 5.73 Å². The quantitative estimate of drug-likeness (QED) is 0.376. The van der Waals surface area contributed by atoms with Gasteiger partial charge >= 0.3 is 0 Å². The molecular weight excluding hydrogens is 452 g/mol. The zero-order valence-corrected chi connectivity index (χ0v) is 20.2. The Hall–Kier alpha value is -4.20. The van der Waals surface area contributed by atoms with Gasteiger partial charge in [-0.1, -0.05) is 49.6 Å². The molecule has 5 aromatic rings. The van der Waals surface area contributed by atoms with Crippen LogP contribution in [0.25, 0.3) is 33.1 Å². The van der Waals surface area contributed by atoms with Gasteiger partial charge in [0.25, 0.3) is 5.56 Å². The van der Waals surface area contributed by atoms with E-state index in [-0.39, 0.29) is 17.4 Å². The average Bonchev–Trinajstić information content (AvgIpc) is 3.24. The summed E-state index contributed by atoms with van der Waals surface area (Å²) < 4.78 is 3.79. The summed E-state index contributed by atoms with van der Waals surface area (Å²) in [4.78, 5) is 22.6. The number of nitrogens with two attached hydrogens (primary N) is 1. The van der Waals surface area contributed by atoms with Gasteiger partial charge in [0, 0.05) is 17.3 Å². The number of nitrogens with zero attached hydrogens (tertiary/aromatic N) is 5. The van der Waals surface area contributed by atoms with Crippen LogP contribution in [-0.2, 0) is 6.54 Å². The largest absolute Gasteiger partial charge is 0.508 e. The first-order valence-electron chi connectivity index (χ1n) is 12.4. The highest BCUT2D eigenvalue weighted by Gasteiger charge is 2.23. The molecule has 1 fully saturated rings. The normalized spacial score (nSPS) is 14.6. The van der Waals surface area contributed by atoms with E-state index in [0.29, 0.717) is 29.1 Å². The molecule has 1 aliphatic rings. The minimum atomic E-state index is 0.0614. The van der Waals surface area contributed by atoms with Gasteiger partial charge in [0.2, 0.25) is 0 Å². The van der Waals surface area contributed by atoms with Gasteiger partial charge in [-0.05, 0) is 48.9 Å². The van der Waals surface area contributed by atoms with Gasteiger partial charge in [-0.2, -0.15) is 5.10 Å². The van der Waals surface area contributed by atoms with Crippen molar-refractivity contribution in [1.82, 2.24) is 24.3 Å². The van der Waals surface area contributed by atoms with Crippen molar-refractivity contribution in [2.45, 2.75) is 51.6 Å². The summed E-state index contributed by atoms with van der Waals surface area (Å²) >= 11 is 0. The zero-order chi connectivity index (χ0) is 24.8. The molecule has 0 radical (unpaired) electrons. The van der Waals surface area contributed by atoms with Gasteiger partial charge in [0.05, 0.1) is 17.3 Å². The Kier molecular flexibility index (Phi) is 5.44. The lowest BCUT2D eigenvalue weighted by molar-refractivity contribution is 0.338. The SMILES string of the molecule is Cc1cccc2cc(Cn3nc(-c4cccc(O)c4)c4c(N)ncnc43)n(C3CCCCC3)c(=O)c12. The second-order valence-electron chi connectivity index (χ2n) is 9.66. The summed E-state index contributed by atoms with van der Waals surface area (Å²) in [5.74, 6) is 0.463. The number of benzene rings is 2. The highest BCUT2D eigenvalue weighted by molar-refractivity contribution is 5.98. The van der Waals surface area contributed by atoms with Crippen LogP contribution in [0.1, 0.15) is 49.4 Å². The molecule has 0 spiro atoms. The van der Waals surface area contributed by atoms with Crippen molar-refractivity contribution in [3.8, 4) is 17.0 Å². The number of anilines is 1. The highest BCUT2D eigenvalue weighted by Crippen LogP contribution is 2.33. The van der Waals surface area contributed by atoms with Crippen LogP contribution in [0.15, 0.2) is 59.7 Å². The van der Waals surface area contributed by atoms with E-state index < -0.39 is 0 Å². The maximum atomic E-state index is 13.9. The standard InChI is InChI=1S/C28H28N6O2/c1-17-7-5-8-18-13-21(34(28(36)23(17)18)20-10-3-2-4-11-20)15-33-27-24(26(29)30-16-31-27)25(32-33)19-9-6-12-22(35)14-19/h5-9,12-14,16,20,35H,2-4,10-11,15H2,1H3,(H2,29,30,31). The summed E-state index contributed by atoms with van der Waals surface area (Å²) in [6, 6.07) is 15.2. The zero-order valence-electron chi connectivity index (χ0n) is 20.2. The molecule has 182 valence electrons. The maximum absolute atomic E-state index is 13.9. The summed E-state index contributed by atoms with van der Waals surface area (Å²) in [6.07, 6.45) is 6.87. The summed E-state index contributed by atoms with van der Waals surface area (Å²) in [7, 11) is 0. The Labute approximate surface area is 208 Å². The van der Waals surface area contributed by atoms with E-state index in [0.717, 1.165) is 53.3 Å². The van der Waals surface area contributed by atoms with Crippen LogP contribution in [-0.4, -0.2) is 29.4 Å². The molecule has 6 rings (SSSR count). The second-order valence-corrected chi connectivity index (χ2v) is 9.66. The molecule has 2 aromatic carbocycles. The van der Waals surface area contributed by atoms with Crippen molar-refractivity contribution < 1.29 is 5.11 Å². The van der Waals surface area contributed by atoms with E-state index in [2.05, 4.69) is 16.0 Å². The molecule has 3 heterocycles. The predicted octanol–water partition coefficient (Wildman–Crippen LogP) is 4.96. The molecule has 3 N–H and O–H groups in total. The first kappa shape index (κ1) is 22.3. The first-order valence-corrected chi connectivity index (χ1v) is 12.4.